The van der Waals surface area contributed by atoms with E-state index in [4.69, 9.17) is 11.1 Å². The van der Waals surface area contributed by atoms with Crippen LogP contribution in [0.1, 0.15) is 27.7 Å². The van der Waals surface area contributed by atoms with Crippen LogP contribution >= 0.6 is 11.1 Å². The van der Waals surface area contributed by atoms with Gasteiger partial charge in [0.25, 0.3) is 8.43 Å². The first-order valence-corrected chi connectivity index (χ1v) is 7.53. The number of rotatable bonds is 6. The van der Waals surface area contributed by atoms with Gasteiger partial charge in [0, 0.05) is 0 Å². The number of halogens is 1. The van der Waals surface area contributed by atoms with Gasteiger partial charge in [0.15, 0.2) is 0 Å². The topological polar surface area (TPSA) is 24.1 Å². The summed E-state index contributed by atoms with van der Waals surface area (Å²) in [6, 6.07) is 0. The number of hydrogen-bond donors (Lipinski definition) is 2. The van der Waals surface area contributed by atoms with E-state index in [1.807, 2.05) is 0 Å². The van der Waals surface area contributed by atoms with Gasteiger partial charge in [-0.2, -0.15) is 0 Å². The van der Waals surface area contributed by atoms with E-state index < -0.39 is 8.43 Å². The van der Waals surface area contributed by atoms with Gasteiger partial charge < -0.3 is 9.96 Å². The van der Waals surface area contributed by atoms with Crippen LogP contribution in [0.2, 0.25) is 0 Å². The zero-order valence-electron chi connectivity index (χ0n) is 8.52. The molecule has 0 spiro atoms. The zero-order chi connectivity index (χ0) is 9.56. The molecule has 0 heterocycles. The Morgan fingerprint density at radius 2 is 1.33 bits per heavy atom. The molecule has 0 aliphatic heterocycles. The van der Waals surface area contributed by atoms with Gasteiger partial charge in [-0.05, 0) is 24.9 Å². The van der Waals surface area contributed by atoms with Gasteiger partial charge >= 0.3 is 0 Å². The van der Waals surface area contributed by atoms with Crippen molar-refractivity contribution in [3.8, 4) is 0 Å². The predicted octanol–water partition coefficient (Wildman–Crippen LogP) is 1.43. The molecule has 0 bridgehead atoms. The van der Waals surface area contributed by atoms with Gasteiger partial charge in [-0.15, -0.1) is 11.1 Å². The van der Waals surface area contributed by atoms with Gasteiger partial charge in [0.2, 0.25) is 0 Å². The van der Waals surface area contributed by atoms with Gasteiger partial charge in [-0.25, -0.2) is 0 Å². The van der Waals surface area contributed by atoms with Crippen molar-refractivity contribution in [2.75, 3.05) is 13.1 Å². The Morgan fingerprint density at radius 1 is 1.00 bits per heavy atom. The molecule has 0 aliphatic carbocycles. The number of hydrogen-bond acceptors (Lipinski definition) is 2. The quantitative estimate of drug-likeness (QED) is 0.510. The van der Waals surface area contributed by atoms with Crippen LogP contribution < -0.4 is 9.96 Å². The molecular formula is C8H21ClN2Si. The first kappa shape index (κ1) is 12.4. The first-order chi connectivity index (χ1) is 5.52. The highest BCUT2D eigenvalue weighted by Gasteiger charge is 2.06. The molecule has 0 aromatic carbocycles. The molecule has 0 unspecified atom stereocenters. The van der Waals surface area contributed by atoms with E-state index in [2.05, 4.69) is 37.7 Å². The van der Waals surface area contributed by atoms with Crippen molar-refractivity contribution in [3.63, 3.8) is 0 Å². The van der Waals surface area contributed by atoms with Gasteiger partial charge in [-0.3, -0.25) is 0 Å². The SMILES string of the molecule is CC(C)CN[SiH](Cl)NCC(C)C. The predicted molar refractivity (Wildman–Crippen MR) is 58.7 cm³/mol. The van der Waals surface area contributed by atoms with E-state index in [0.717, 1.165) is 13.1 Å². The summed E-state index contributed by atoms with van der Waals surface area (Å²) < 4.78 is 0. The lowest BCUT2D eigenvalue weighted by atomic mass is 10.2. The second-order valence-corrected chi connectivity index (χ2v) is 6.82. The Labute approximate surface area is 82.5 Å². The minimum atomic E-state index is -1.34. The van der Waals surface area contributed by atoms with Crippen LogP contribution in [0, 0.1) is 11.8 Å². The van der Waals surface area contributed by atoms with Crippen molar-refractivity contribution >= 4 is 19.5 Å². The van der Waals surface area contributed by atoms with E-state index in [1.54, 1.807) is 0 Å². The molecule has 74 valence electrons. The second-order valence-electron chi connectivity index (χ2n) is 3.97. The van der Waals surface area contributed by atoms with Crippen molar-refractivity contribution in [3.05, 3.63) is 0 Å². The van der Waals surface area contributed by atoms with E-state index in [0.29, 0.717) is 11.8 Å². The summed E-state index contributed by atoms with van der Waals surface area (Å²) in [5.74, 6) is 1.36. The Kier molecular flexibility index (Phi) is 7.14. The summed E-state index contributed by atoms with van der Waals surface area (Å²) in [5, 5.41) is 0. The molecular weight excluding hydrogens is 188 g/mol. The van der Waals surface area contributed by atoms with E-state index >= 15 is 0 Å². The molecule has 12 heavy (non-hydrogen) atoms. The minimum Gasteiger partial charge on any atom is -0.316 e. The molecule has 0 rings (SSSR count). The lowest BCUT2D eigenvalue weighted by Gasteiger charge is -2.14. The normalized spacial score (nSPS) is 12.0. The maximum absolute atomic E-state index is 6.09. The third-order valence-corrected chi connectivity index (χ3v) is 3.52. The molecule has 0 aromatic rings. The Balaban J connectivity index is 3.27. The van der Waals surface area contributed by atoms with Crippen molar-refractivity contribution < 1.29 is 0 Å². The van der Waals surface area contributed by atoms with E-state index in [9.17, 15) is 0 Å². The standard InChI is InChI=1S/C8H21ClN2Si/c1-7(2)5-10-12(9)11-6-8(3)4/h7-8,10-12H,5-6H2,1-4H3. The molecule has 0 atom stereocenters. The molecule has 0 saturated heterocycles. The fraction of sp³-hybridized carbons (Fsp3) is 1.00. The van der Waals surface area contributed by atoms with Crippen LogP contribution in [0.5, 0.6) is 0 Å². The third kappa shape index (κ3) is 8.52. The van der Waals surface area contributed by atoms with Gasteiger partial charge in [0.05, 0.1) is 0 Å². The smallest absolute Gasteiger partial charge is 0.286 e. The maximum Gasteiger partial charge on any atom is 0.286 e. The Morgan fingerprint density at radius 3 is 1.58 bits per heavy atom. The second kappa shape index (κ2) is 6.89. The Bertz CT molecular complexity index is 97.2. The van der Waals surface area contributed by atoms with Crippen LogP contribution in [-0.4, -0.2) is 21.5 Å². The van der Waals surface area contributed by atoms with E-state index in [-0.39, 0.29) is 0 Å². The summed E-state index contributed by atoms with van der Waals surface area (Å²) >= 11 is 6.09. The third-order valence-electron chi connectivity index (χ3n) is 1.41. The van der Waals surface area contributed by atoms with Crippen molar-refractivity contribution in [2.45, 2.75) is 27.7 Å². The minimum absolute atomic E-state index is 0.680. The van der Waals surface area contributed by atoms with Crippen molar-refractivity contribution in [2.24, 2.45) is 11.8 Å². The molecule has 0 radical (unpaired) electrons. The molecule has 0 amide bonds. The molecule has 0 saturated carbocycles. The molecule has 0 fully saturated rings. The molecule has 4 heteroatoms. The molecule has 2 N–H and O–H groups in total. The van der Waals surface area contributed by atoms with Crippen molar-refractivity contribution in [1.29, 1.82) is 0 Å². The zero-order valence-corrected chi connectivity index (χ0v) is 10.4. The first-order valence-electron chi connectivity index (χ1n) is 4.63. The van der Waals surface area contributed by atoms with Crippen molar-refractivity contribution in [1.82, 2.24) is 9.96 Å². The highest BCUT2D eigenvalue weighted by Crippen LogP contribution is 1.91. The average Bonchev–Trinajstić information content (AvgIpc) is 1.96. The summed E-state index contributed by atoms with van der Waals surface area (Å²) in [7, 11) is -1.34. The Hall–Kier alpha value is 0.427. The monoisotopic (exact) mass is 208 g/mol. The maximum atomic E-state index is 6.09. The fourth-order valence-electron chi connectivity index (χ4n) is 0.751. The van der Waals surface area contributed by atoms with Crippen LogP contribution in [-0.2, 0) is 0 Å². The summed E-state index contributed by atoms with van der Waals surface area (Å²) in [6.07, 6.45) is 0. The number of nitrogens with one attached hydrogen (secondary N) is 2. The lowest BCUT2D eigenvalue weighted by Crippen LogP contribution is -2.45. The highest BCUT2D eigenvalue weighted by atomic mass is 35.6. The fourth-order valence-corrected chi connectivity index (χ4v) is 2.79. The van der Waals surface area contributed by atoms with E-state index in [1.165, 1.54) is 0 Å². The summed E-state index contributed by atoms with van der Waals surface area (Å²) in [6.45, 7) is 10.8. The average molecular weight is 209 g/mol. The molecule has 0 aromatic heterocycles. The van der Waals surface area contributed by atoms with Gasteiger partial charge in [-0.1, -0.05) is 27.7 Å². The molecule has 2 nitrogen and oxygen atoms in total. The highest BCUT2D eigenvalue weighted by molar-refractivity contribution is 7.03. The largest absolute Gasteiger partial charge is 0.316 e. The van der Waals surface area contributed by atoms with Crippen LogP contribution in [0.15, 0.2) is 0 Å². The van der Waals surface area contributed by atoms with Crippen LogP contribution in [0.25, 0.3) is 0 Å². The summed E-state index contributed by atoms with van der Waals surface area (Å²) in [4.78, 5) is 6.66. The lowest BCUT2D eigenvalue weighted by molar-refractivity contribution is 0.605. The summed E-state index contributed by atoms with van der Waals surface area (Å²) in [5.41, 5.74) is 0. The van der Waals surface area contributed by atoms with Gasteiger partial charge in [0.1, 0.15) is 0 Å². The molecule has 0 aliphatic rings. The van der Waals surface area contributed by atoms with Crippen LogP contribution in [0.4, 0.5) is 0 Å². The van der Waals surface area contributed by atoms with Crippen LogP contribution in [0.3, 0.4) is 0 Å².